The summed E-state index contributed by atoms with van der Waals surface area (Å²) in [4.78, 5) is 15.3. The molecule has 0 unspecified atom stereocenters. The van der Waals surface area contributed by atoms with Gasteiger partial charge >= 0.3 is 0 Å². The zero-order valence-electron chi connectivity index (χ0n) is 14.8. The first-order chi connectivity index (χ1) is 12.4. The molecule has 0 amide bonds. The summed E-state index contributed by atoms with van der Waals surface area (Å²) in [7, 11) is 0. The summed E-state index contributed by atoms with van der Waals surface area (Å²) in [6, 6.07) is 6.18. The van der Waals surface area contributed by atoms with Crippen molar-refractivity contribution in [1.82, 2.24) is 10.1 Å². The van der Waals surface area contributed by atoms with Crippen molar-refractivity contribution in [3.63, 3.8) is 0 Å². The SMILES string of the molecule is Cc1noc(C)c1-c1cc(S)c2cc(Br)c(=O)[nH]c2c1.NC1CCCC1. The summed E-state index contributed by atoms with van der Waals surface area (Å²) in [5, 5.41) is 4.84. The summed E-state index contributed by atoms with van der Waals surface area (Å²) < 4.78 is 5.68. The highest BCUT2D eigenvalue weighted by Crippen LogP contribution is 2.32. The van der Waals surface area contributed by atoms with Gasteiger partial charge in [0.15, 0.2) is 0 Å². The molecule has 138 valence electrons. The fourth-order valence-electron chi connectivity index (χ4n) is 3.26. The highest BCUT2D eigenvalue weighted by molar-refractivity contribution is 9.10. The molecular weight excluding hydrogens is 414 g/mol. The van der Waals surface area contributed by atoms with Gasteiger partial charge in [-0.2, -0.15) is 0 Å². The lowest BCUT2D eigenvalue weighted by atomic mass is 10.0. The number of fused-ring (bicyclic) bond motifs is 1. The molecule has 3 aromatic rings. The highest BCUT2D eigenvalue weighted by atomic mass is 79.9. The molecular formula is C19H22BrN3O2S. The topological polar surface area (TPSA) is 84.9 Å². The van der Waals surface area contributed by atoms with Gasteiger partial charge < -0.3 is 15.2 Å². The second-order valence-electron chi connectivity index (χ2n) is 6.65. The van der Waals surface area contributed by atoms with Gasteiger partial charge in [-0.1, -0.05) is 18.0 Å². The standard InChI is InChI=1S/C14H11BrN2O2S.C5H11N/c1-6-13(7(2)19-17-6)8-3-11-9(12(20)4-8)5-10(15)14(18)16-11;6-5-3-1-2-4-5/h3-5,20H,1-2H3,(H,16,18);5H,1-4,6H2. The minimum Gasteiger partial charge on any atom is -0.361 e. The summed E-state index contributed by atoms with van der Waals surface area (Å²) in [6.45, 7) is 3.75. The maximum atomic E-state index is 11.7. The molecule has 1 fully saturated rings. The van der Waals surface area contributed by atoms with Gasteiger partial charge in [-0.05, 0) is 66.4 Å². The Bertz CT molecular complexity index is 971. The van der Waals surface area contributed by atoms with Crippen LogP contribution in [0.25, 0.3) is 22.0 Å². The molecule has 0 spiro atoms. The Morgan fingerprint density at radius 1 is 1.27 bits per heavy atom. The van der Waals surface area contributed by atoms with Gasteiger partial charge in [-0.3, -0.25) is 4.79 Å². The zero-order chi connectivity index (χ0) is 18.8. The molecule has 7 heteroatoms. The zero-order valence-corrected chi connectivity index (χ0v) is 17.3. The van der Waals surface area contributed by atoms with Gasteiger partial charge in [0.05, 0.1) is 15.7 Å². The van der Waals surface area contributed by atoms with E-state index in [0.717, 1.165) is 38.4 Å². The Morgan fingerprint density at radius 2 is 1.96 bits per heavy atom. The molecule has 2 heterocycles. The third-order valence-electron chi connectivity index (χ3n) is 4.62. The van der Waals surface area contributed by atoms with Crippen molar-refractivity contribution in [2.24, 2.45) is 5.73 Å². The van der Waals surface area contributed by atoms with Gasteiger partial charge in [-0.15, -0.1) is 12.6 Å². The summed E-state index contributed by atoms with van der Waals surface area (Å²) in [6.07, 6.45) is 5.25. The smallest absolute Gasteiger partial charge is 0.262 e. The molecule has 0 radical (unpaired) electrons. The highest BCUT2D eigenvalue weighted by Gasteiger charge is 2.14. The van der Waals surface area contributed by atoms with E-state index in [0.29, 0.717) is 10.5 Å². The van der Waals surface area contributed by atoms with Gasteiger partial charge in [0, 0.05) is 21.9 Å². The second-order valence-corrected chi connectivity index (χ2v) is 7.98. The van der Waals surface area contributed by atoms with Crippen LogP contribution >= 0.6 is 28.6 Å². The van der Waals surface area contributed by atoms with Crippen LogP contribution in [-0.2, 0) is 0 Å². The maximum Gasteiger partial charge on any atom is 0.262 e. The number of thiol groups is 1. The van der Waals surface area contributed by atoms with Gasteiger partial charge in [0.25, 0.3) is 5.56 Å². The molecule has 3 N–H and O–H groups in total. The number of benzene rings is 1. The van der Waals surface area contributed by atoms with Crippen LogP contribution in [0.5, 0.6) is 0 Å². The second kappa shape index (κ2) is 7.98. The van der Waals surface area contributed by atoms with Gasteiger partial charge in [0.1, 0.15) is 5.76 Å². The predicted octanol–water partition coefficient (Wildman–Crippen LogP) is 4.74. The molecule has 26 heavy (non-hydrogen) atoms. The summed E-state index contributed by atoms with van der Waals surface area (Å²) in [5.74, 6) is 0.744. The van der Waals surface area contributed by atoms with E-state index in [4.69, 9.17) is 10.3 Å². The normalized spacial score (nSPS) is 14.5. The van der Waals surface area contributed by atoms with Crippen LogP contribution in [0.4, 0.5) is 0 Å². The maximum absolute atomic E-state index is 11.7. The average molecular weight is 436 g/mol. The van der Waals surface area contributed by atoms with Gasteiger partial charge in [0.2, 0.25) is 0 Å². The van der Waals surface area contributed by atoms with E-state index < -0.39 is 0 Å². The fourth-order valence-corrected chi connectivity index (χ4v) is 3.92. The number of hydrogen-bond acceptors (Lipinski definition) is 5. The van der Waals surface area contributed by atoms with Crippen molar-refractivity contribution in [2.45, 2.75) is 50.5 Å². The Balaban J connectivity index is 0.000000278. The van der Waals surface area contributed by atoms with E-state index in [-0.39, 0.29) is 5.56 Å². The monoisotopic (exact) mass is 435 g/mol. The predicted molar refractivity (Wildman–Crippen MR) is 111 cm³/mol. The number of rotatable bonds is 1. The molecule has 4 rings (SSSR count). The van der Waals surface area contributed by atoms with Crippen molar-refractivity contribution >= 4 is 39.5 Å². The molecule has 1 aromatic carbocycles. The number of aryl methyl sites for hydroxylation is 2. The lowest BCUT2D eigenvalue weighted by Crippen LogP contribution is -2.13. The van der Waals surface area contributed by atoms with E-state index in [1.807, 2.05) is 26.0 Å². The van der Waals surface area contributed by atoms with E-state index in [1.54, 1.807) is 6.07 Å². The Morgan fingerprint density at radius 3 is 2.50 bits per heavy atom. The summed E-state index contributed by atoms with van der Waals surface area (Å²) in [5.41, 5.74) is 8.78. The third-order valence-corrected chi connectivity index (χ3v) is 5.58. The molecule has 1 aliphatic carbocycles. The molecule has 2 aromatic heterocycles. The van der Waals surface area contributed by atoms with Crippen molar-refractivity contribution in [2.75, 3.05) is 0 Å². The quantitative estimate of drug-likeness (QED) is 0.481. The number of pyridine rings is 1. The number of aromatic nitrogens is 2. The molecule has 0 bridgehead atoms. The molecule has 5 nitrogen and oxygen atoms in total. The molecule has 1 saturated carbocycles. The lowest BCUT2D eigenvalue weighted by molar-refractivity contribution is 0.393. The Kier molecular flexibility index (Phi) is 5.89. The number of halogens is 1. The van der Waals surface area contributed by atoms with E-state index in [2.05, 4.69) is 38.7 Å². The largest absolute Gasteiger partial charge is 0.361 e. The van der Waals surface area contributed by atoms with Crippen LogP contribution in [-0.4, -0.2) is 16.2 Å². The number of nitrogens with zero attached hydrogens (tertiary/aromatic N) is 1. The Labute approximate surface area is 165 Å². The Hall–Kier alpha value is -1.57. The first-order valence-corrected chi connectivity index (χ1v) is 9.85. The van der Waals surface area contributed by atoms with Crippen LogP contribution in [0, 0.1) is 13.8 Å². The van der Waals surface area contributed by atoms with Crippen molar-refractivity contribution in [3.05, 3.63) is 44.5 Å². The van der Waals surface area contributed by atoms with Crippen molar-refractivity contribution in [1.29, 1.82) is 0 Å². The van der Waals surface area contributed by atoms with Gasteiger partial charge in [-0.25, -0.2) is 0 Å². The first-order valence-electron chi connectivity index (χ1n) is 8.61. The van der Waals surface area contributed by atoms with E-state index in [9.17, 15) is 4.79 Å². The van der Waals surface area contributed by atoms with Crippen LogP contribution in [0.1, 0.15) is 37.1 Å². The molecule has 0 atom stereocenters. The van der Waals surface area contributed by atoms with Crippen LogP contribution in [0.15, 0.2) is 36.9 Å². The van der Waals surface area contributed by atoms with Crippen LogP contribution in [0.2, 0.25) is 0 Å². The minimum absolute atomic E-state index is 0.166. The van der Waals surface area contributed by atoms with Crippen molar-refractivity contribution < 1.29 is 4.52 Å². The molecule has 1 aliphatic rings. The van der Waals surface area contributed by atoms with Crippen molar-refractivity contribution in [3.8, 4) is 11.1 Å². The molecule has 0 aliphatic heterocycles. The fraction of sp³-hybridized carbons (Fsp3) is 0.368. The third kappa shape index (κ3) is 4.05. The van der Waals surface area contributed by atoms with E-state index in [1.165, 1.54) is 25.7 Å². The number of aromatic amines is 1. The minimum atomic E-state index is -0.166. The first kappa shape index (κ1) is 19.2. The number of H-pyrrole nitrogens is 1. The summed E-state index contributed by atoms with van der Waals surface area (Å²) >= 11 is 7.74. The average Bonchev–Trinajstić information content (AvgIpc) is 3.19. The van der Waals surface area contributed by atoms with E-state index >= 15 is 0 Å². The number of nitrogens with two attached hydrogens (primary N) is 1. The molecule has 0 saturated heterocycles. The van der Waals surface area contributed by atoms with Crippen LogP contribution in [0.3, 0.4) is 0 Å². The lowest BCUT2D eigenvalue weighted by Gasteiger charge is -2.07. The number of nitrogens with one attached hydrogen (secondary N) is 1. The number of hydrogen-bond donors (Lipinski definition) is 3. The van der Waals surface area contributed by atoms with Crippen LogP contribution < -0.4 is 11.3 Å².